The largest absolute Gasteiger partial charge is 0.356 e. The smallest absolute Gasteiger partial charge is 0.191 e. The van der Waals surface area contributed by atoms with Crippen molar-refractivity contribution in [1.29, 1.82) is 0 Å². The monoisotopic (exact) mass is 522 g/mol. The molecule has 1 aromatic rings. The van der Waals surface area contributed by atoms with E-state index in [4.69, 9.17) is 0 Å². The molecule has 1 aliphatic heterocycles. The Morgan fingerprint density at radius 2 is 2.04 bits per heavy atom. The summed E-state index contributed by atoms with van der Waals surface area (Å²) in [5.41, 5.74) is 1.81. The van der Waals surface area contributed by atoms with Crippen molar-refractivity contribution in [3.05, 3.63) is 29.3 Å². The second-order valence-electron chi connectivity index (χ2n) is 7.46. The molecule has 160 valence electrons. The number of aliphatic imine (C=N–C) groups is 1. The molecule has 1 unspecified atom stereocenters. The first-order valence-corrected chi connectivity index (χ1v) is 11.7. The Labute approximate surface area is 187 Å². The fourth-order valence-electron chi connectivity index (χ4n) is 3.62. The van der Waals surface area contributed by atoms with Crippen LogP contribution in [0.25, 0.3) is 0 Å². The van der Waals surface area contributed by atoms with Crippen LogP contribution in [-0.2, 0) is 16.4 Å². The van der Waals surface area contributed by atoms with Crippen molar-refractivity contribution in [3.8, 4) is 0 Å². The molecular weight excluding hydrogens is 487 g/mol. The molecule has 0 bridgehead atoms. The van der Waals surface area contributed by atoms with Crippen LogP contribution in [0.2, 0.25) is 0 Å². The number of sulfone groups is 1. The average molecular weight is 522 g/mol. The first kappa shape index (κ1) is 25.2. The fourth-order valence-corrected chi connectivity index (χ4v) is 4.58. The molecule has 0 saturated carbocycles. The third kappa shape index (κ3) is 7.87. The summed E-state index contributed by atoms with van der Waals surface area (Å²) in [7, 11) is -1.41. The fraction of sp³-hybridized carbons (Fsp3) is 0.650. The Morgan fingerprint density at radius 3 is 2.64 bits per heavy atom. The SMILES string of the molecule is CN=C(NCCCN1CCCCC1C)NCc1ccc(S(C)(=O)=O)c(C)c1.I. The Hall–Kier alpha value is -0.870. The normalized spacial score (nSPS) is 18.4. The summed E-state index contributed by atoms with van der Waals surface area (Å²) in [6, 6.07) is 6.14. The minimum Gasteiger partial charge on any atom is -0.356 e. The van der Waals surface area contributed by atoms with Gasteiger partial charge >= 0.3 is 0 Å². The van der Waals surface area contributed by atoms with Gasteiger partial charge in [0.05, 0.1) is 4.90 Å². The van der Waals surface area contributed by atoms with Gasteiger partial charge in [0.25, 0.3) is 0 Å². The molecule has 0 radical (unpaired) electrons. The quantitative estimate of drug-likeness (QED) is 0.249. The number of halogens is 1. The second-order valence-corrected chi connectivity index (χ2v) is 9.44. The van der Waals surface area contributed by atoms with Crippen LogP contribution in [0.15, 0.2) is 28.1 Å². The van der Waals surface area contributed by atoms with Gasteiger partial charge in [0.1, 0.15) is 0 Å². The van der Waals surface area contributed by atoms with E-state index < -0.39 is 9.84 Å². The highest BCUT2D eigenvalue weighted by molar-refractivity contribution is 14.0. The van der Waals surface area contributed by atoms with Gasteiger partial charge in [-0.1, -0.05) is 18.6 Å². The van der Waals surface area contributed by atoms with Crippen LogP contribution in [0.5, 0.6) is 0 Å². The van der Waals surface area contributed by atoms with Crippen molar-refractivity contribution in [2.45, 2.75) is 57.0 Å². The van der Waals surface area contributed by atoms with Crippen LogP contribution in [0.4, 0.5) is 0 Å². The van der Waals surface area contributed by atoms with Crippen LogP contribution in [0.3, 0.4) is 0 Å². The lowest BCUT2D eigenvalue weighted by Gasteiger charge is -2.33. The second kappa shape index (κ2) is 12.0. The molecule has 1 fully saturated rings. The lowest BCUT2D eigenvalue weighted by Crippen LogP contribution is -2.41. The molecule has 2 rings (SSSR count). The summed E-state index contributed by atoms with van der Waals surface area (Å²) < 4.78 is 23.4. The molecule has 0 aliphatic carbocycles. The Bertz CT molecular complexity index is 753. The summed E-state index contributed by atoms with van der Waals surface area (Å²) in [4.78, 5) is 7.23. The van der Waals surface area contributed by atoms with Crippen molar-refractivity contribution in [2.75, 3.05) is 32.9 Å². The zero-order valence-corrected chi connectivity index (χ0v) is 20.6. The minimum atomic E-state index is -3.17. The maximum atomic E-state index is 11.7. The number of piperidine rings is 1. The van der Waals surface area contributed by atoms with Gasteiger partial charge in [-0.25, -0.2) is 8.42 Å². The predicted molar refractivity (Wildman–Crippen MR) is 127 cm³/mol. The average Bonchev–Trinajstić information content (AvgIpc) is 2.61. The van der Waals surface area contributed by atoms with Gasteiger partial charge in [-0.15, -0.1) is 24.0 Å². The molecular formula is C20H35IN4O2S. The van der Waals surface area contributed by atoms with Crippen LogP contribution >= 0.6 is 24.0 Å². The Balaban J connectivity index is 0.00000392. The molecule has 2 N–H and O–H groups in total. The summed E-state index contributed by atoms with van der Waals surface area (Å²) in [5.74, 6) is 0.770. The maximum absolute atomic E-state index is 11.7. The van der Waals surface area contributed by atoms with E-state index in [9.17, 15) is 8.42 Å². The lowest BCUT2D eigenvalue weighted by atomic mass is 10.0. The molecule has 1 aromatic carbocycles. The zero-order chi connectivity index (χ0) is 19.9. The van der Waals surface area contributed by atoms with Gasteiger partial charge in [0.2, 0.25) is 0 Å². The summed E-state index contributed by atoms with van der Waals surface area (Å²) in [6.07, 6.45) is 6.32. The number of nitrogens with one attached hydrogen (secondary N) is 2. The van der Waals surface area contributed by atoms with Gasteiger partial charge in [0.15, 0.2) is 15.8 Å². The minimum absolute atomic E-state index is 0. The van der Waals surface area contributed by atoms with E-state index in [1.54, 1.807) is 13.1 Å². The molecule has 0 aromatic heterocycles. The Kier molecular flexibility index (Phi) is 10.8. The van der Waals surface area contributed by atoms with Crippen molar-refractivity contribution >= 4 is 39.8 Å². The molecule has 0 amide bonds. The molecule has 1 aliphatic rings. The maximum Gasteiger partial charge on any atom is 0.191 e. The van der Waals surface area contributed by atoms with Gasteiger partial charge in [-0.3, -0.25) is 4.99 Å². The topological polar surface area (TPSA) is 73.8 Å². The van der Waals surface area contributed by atoms with Crippen LogP contribution in [-0.4, -0.2) is 58.3 Å². The number of nitrogens with zero attached hydrogens (tertiary/aromatic N) is 2. The van der Waals surface area contributed by atoms with Crippen LogP contribution < -0.4 is 10.6 Å². The van der Waals surface area contributed by atoms with Crippen molar-refractivity contribution in [2.24, 2.45) is 4.99 Å². The van der Waals surface area contributed by atoms with Gasteiger partial charge < -0.3 is 15.5 Å². The standard InChI is InChI=1S/C20H34N4O2S.HI/c1-16-14-18(9-10-19(16)27(4,25)26)15-23-20(21-3)22-11-7-13-24-12-6-5-8-17(24)2;/h9-10,14,17H,5-8,11-13,15H2,1-4H3,(H2,21,22,23);1H. The van der Waals surface area contributed by atoms with E-state index >= 15 is 0 Å². The number of likely N-dealkylation sites (tertiary alicyclic amines) is 1. The van der Waals surface area contributed by atoms with Crippen LogP contribution in [0.1, 0.15) is 43.7 Å². The third-order valence-electron chi connectivity index (χ3n) is 5.18. The van der Waals surface area contributed by atoms with E-state index in [0.717, 1.165) is 36.6 Å². The van der Waals surface area contributed by atoms with Crippen molar-refractivity contribution < 1.29 is 8.42 Å². The predicted octanol–water partition coefficient (Wildman–Crippen LogP) is 2.95. The molecule has 8 heteroatoms. The van der Waals surface area contributed by atoms with Gasteiger partial charge in [0, 0.05) is 39.0 Å². The number of rotatable bonds is 7. The first-order valence-electron chi connectivity index (χ1n) is 9.79. The van der Waals surface area contributed by atoms with E-state index in [-0.39, 0.29) is 24.0 Å². The number of benzene rings is 1. The third-order valence-corrected chi connectivity index (χ3v) is 6.43. The highest BCUT2D eigenvalue weighted by atomic mass is 127. The number of guanidine groups is 1. The molecule has 1 heterocycles. The highest BCUT2D eigenvalue weighted by Crippen LogP contribution is 2.17. The summed E-state index contributed by atoms with van der Waals surface area (Å²) >= 11 is 0. The van der Waals surface area contributed by atoms with E-state index in [0.29, 0.717) is 17.5 Å². The summed E-state index contributed by atoms with van der Waals surface area (Å²) in [6.45, 7) is 7.98. The van der Waals surface area contributed by atoms with Crippen LogP contribution in [0, 0.1) is 6.92 Å². The molecule has 6 nitrogen and oxygen atoms in total. The zero-order valence-electron chi connectivity index (χ0n) is 17.5. The molecule has 1 saturated heterocycles. The lowest BCUT2D eigenvalue weighted by molar-refractivity contribution is 0.159. The number of hydrogen-bond donors (Lipinski definition) is 2. The number of hydrogen-bond acceptors (Lipinski definition) is 4. The highest BCUT2D eigenvalue weighted by Gasteiger charge is 2.17. The molecule has 0 spiro atoms. The molecule has 28 heavy (non-hydrogen) atoms. The van der Waals surface area contributed by atoms with E-state index in [1.807, 2.05) is 19.1 Å². The molecule has 1 atom stereocenters. The summed E-state index contributed by atoms with van der Waals surface area (Å²) in [5, 5.41) is 6.65. The van der Waals surface area contributed by atoms with Crippen molar-refractivity contribution in [1.82, 2.24) is 15.5 Å². The van der Waals surface area contributed by atoms with Gasteiger partial charge in [-0.05, 0) is 56.8 Å². The van der Waals surface area contributed by atoms with E-state index in [2.05, 4.69) is 27.4 Å². The van der Waals surface area contributed by atoms with E-state index in [1.165, 1.54) is 32.1 Å². The number of aryl methyl sites for hydroxylation is 1. The van der Waals surface area contributed by atoms with Crippen molar-refractivity contribution in [3.63, 3.8) is 0 Å². The Morgan fingerprint density at radius 1 is 1.29 bits per heavy atom. The van der Waals surface area contributed by atoms with Gasteiger partial charge in [-0.2, -0.15) is 0 Å². The first-order chi connectivity index (χ1) is 12.8.